The van der Waals surface area contributed by atoms with Crippen LogP contribution in [0.2, 0.25) is 0 Å². The molecule has 2 heterocycles. The number of sulfonamides is 1. The Morgan fingerprint density at radius 2 is 1.74 bits per heavy atom. The molecule has 2 aromatic rings. The second kappa shape index (κ2) is 9.63. The average Bonchev–Trinajstić information content (AvgIpc) is 3.28. The number of carbonyl (C=O) groups is 2. The lowest BCUT2D eigenvalue weighted by Gasteiger charge is -2.30. The van der Waals surface area contributed by atoms with Crippen molar-refractivity contribution in [2.24, 2.45) is 5.92 Å². The number of nitrogens with one attached hydrogen (secondary N) is 1. The maximum atomic E-state index is 13.0. The number of fused-ring (bicyclic) bond motifs is 1. The van der Waals surface area contributed by atoms with E-state index in [2.05, 4.69) is 5.32 Å². The quantitative estimate of drug-likeness (QED) is 0.622. The van der Waals surface area contributed by atoms with Crippen molar-refractivity contribution in [3.8, 4) is 11.5 Å². The lowest BCUT2D eigenvalue weighted by Crippen LogP contribution is -2.41. The van der Waals surface area contributed by atoms with Crippen molar-refractivity contribution in [2.75, 3.05) is 25.2 Å². The van der Waals surface area contributed by atoms with Crippen LogP contribution in [0.5, 0.6) is 11.5 Å². The molecule has 2 aromatic carbocycles. The van der Waals surface area contributed by atoms with Crippen molar-refractivity contribution in [3.63, 3.8) is 0 Å². The number of esters is 1. The van der Waals surface area contributed by atoms with Gasteiger partial charge in [-0.2, -0.15) is 4.31 Å². The summed E-state index contributed by atoms with van der Waals surface area (Å²) in [7, 11) is -3.63. The fourth-order valence-electron chi connectivity index (χ4n) is 3.90. The van der Waals surface area contributed by atoms with Crippen LogP contribution < -0.4 is 14.8 Å². The van der Waals surface area contributed by atoms with Crippen LogP contribution in [0.1, 0.15) is 30.9 Å². The van der Waals surface area contributed by atoms with E-state index in [-0.39, 0.29) is 24.8 Å². The van der Waals surface area contributed by atoms with Gasteiger partial charge in [0, 0.05) is 24.8 Å². The SMILES string of the molecule is Cc1ccc(S(=O)(=O)N2CCC(C(=O)O[C@H](C)C(=O)Nc3ccc4c(c3)OCO4)CC2)cc1C. The van der Waals surface area contributed by atoms with Crippen LogP contribution in [-0.2, 0) is 24.3 Å². The molecule has 0 spiro atoms. The fraction of sp³-hybridized carbons (Fsp3) is 0.417. The summed E-state index contributed by atoms with van der Waals surface area (Å²) in [6, 6.07) is 10.1. The van der Waals surface area contributed by atoms with Crippen molar-refractivity contribution >= 4 is 27.6 Å². The number of anilines is 1. The Morgan fingerprint density at radius 1 is 1.03 bits per heavy atom. The highest BCUT2D eigenvalue weighted by Crippen LogP contribution is 2.34. The summed E-state index contributed by atoms with van der Waals surface area (Å²) >= 11 is 0. The molecule has 1 atom stereocenters. The van der Waals surface area contributed by atoms with E-state index in [4.69, 9.17) is 14.2 Å². The fourth-order valence-corrected chi connectivity index (χ4v) is 5.45. The van der Waals surface area contributed by atoms with Gasteiger partial charge in [0.05, 0.1) is 10.8 Å². The van der Waals surface area contributed by atoms with Crippen LogP contribution in [0.4, 0.5) is 5.69 Å². The first-order chi connectivity index (χ1) is 16.1. The van der Waals surface area contributed by atoms with Crippen LogP contribution in [0.15, 0.2) is 41.3 Å². The van der Waals surface area contributed by atoms with Gasteiger partial charge in [-0.3, -0.25) is 9.59 Å². The Bertz CT molecular complexity index is 1200. The molecule has 0 radical (unpaired) electrons. The van der Waals surface area contributed by atoms with Crippen LogP contribution in [0, 0.1) is 19.8 Å². The Labute approximate surface area is 199 Å². The largest absolute Gasteiger partial charge is 0.454 e. The Balaban J connectivity index is 1.29. The third-order valence-corrected chi connectivity index (χ3v) is 8.10. The first-order valence-corrected chi connectivity index (χ1v) is 12.6. The topological polar surface area (TPSA) is 111 Å². The van der Waals surface area contributed by atoms with Gasteiger partial charge < -0.3 is 19.5 Å². The minimum atomic E-state index is -3.63. The molecular weight excluding hydrogens is 460 g/mol. The second-order valence-corrected chi connectivity index (χ2v) is 10.5. The molecular formula is C24H28N2O7S. The summed E-state index contributed by atoms with van der Waals surface area (Å²) in [4.78, 5) is 25.4. The van der Waals surface area contributed by atoms with Gasteiger partial charge in [-0.15, -0.1) is 0 Å². The molecule has 1 saturated heterocycles. The molecule has 34 heavy (non-hydrogen) atoms. The summed E-state index contributed by atoms with van der Waals surface area (Å²) in [5.74, 6) is -0.307. The lowest BCUT2D eigenvalue weighted by atomic mass is 9.98. The summed E-state index contributed by atoms with van der Waals surface area (Å²) < 4.78 is 43.3. The van der Waals surface area contributed by atoms with Gasteiger partial charge in [-0.25, -0.2) is 8.42 Å². The zero-order chi connectivity index (χ0) is 24.5. The summed E-state index contributed by atoms with van der Waals surface area (Å²) in [6.07, 6.45) is -0.339. The van der Waals surface area contributed by atoms with E-state index in [0.29, 0.717) is 30.0 Å². The normalized spacial score (nSPS) is 17.3. The molecule has 1 fully saturated rings. The number of rotatable bonds is 6. The van der Waals surface area contributed by atoms with Crippen molar-refractivity contribution in [2.45, 2.75) is 44.6 Å². The van der Waals surface area contributed by atoms with Gasteiger partial charge in [0.2, 0.25) is 16.8 Å². The second-order valence-electron chi connectivity index (χ2n) is 8.56. The van der Waals surface area contributed by atoms with Gasteiger partial charge in [0.25, 0.3) is 5.91 Å². The molecule has 1 N–H and O–H groups in total. The number of carbonyl (C=O) groups excluding carboxylic acids is 2. The van der Waals surface area contributed by atoms with Gasteiger partial charge in [-0.1, -0.05) is 6.07 Å². The maximum Gasteiger partial charge on any atom is 0.309 e. The van der Waals surface area contributed by atoms with Crippen LogP contribution >= 0.6 is 0 Å². The zero-order valence-corrected chi connectivity index (χ0v) is 20.2. The molecule has 4 rings (SSSR count). The molecule has 0 aromatic heterocycles. The monoisotopic (exact) mass is 488 g/mol. The van der Waals surface area contributed by atoms with E-state index in [1.165, 1.54) is 11.2 Å². The molecule has 2 aliphatic rings. The smallest absolute Gasteiger partial charge is 0.309 e. The first kappa shape index (κ1) is 24.0. The lowest BCUT2D eigenvalue weighted by molar-refractivity contribution is -0.158. The Hall–Kier alpha value is -3.11. The third kappa shape index (κ3) is 5.02. The first-order valence-electron chi connectivity index (χ1n) is 11.1. The predicted octanol–water partition coefficient (Wildman–Crippen LogP) is 3.00. The van der Waals surface area contributed by atoms with E-state index in [0.717, 1.165) is 11.1 Å². The molecule has 182 valence electrons. The van der Waals surface area contributed by atoms with Crippen molar-refractivity contribution in [1.29, 1.82) is 0 Å². The average molecular weight is 489 g/mol. The zero-order valence-electron chi connectivity index (χ0n) is 19.4. The number of ether oxygens (including phenoxy) is 3. The highest BCUT2D eigenvalue weighted by Gasteiger charge is 2.34. The molecule has 0 unspecified atom stereocenters. The Morgan fingerprint density at radius 3 is 2.44 bits per heavy atom. The van der Waals surface area contributed by atoms with Crippen LogP contribution in [-0.4, -0.2) is 50.6 Å². The number of benzene rings is 2. The third-order valence-electron chi connectivity index (χ3n) is 6.21. The van der Waals surface area contributed by atoms with Gasteiger partial charge in [-0.05, 0) is 69.0 Å². The number of piperidine rings is 1. The number of hydrogen-bond donors (Lipinski definition) is 1. The standard InChI is InChI=1S/C24H28N2O7S/c1-15-4-6-20(12-16(15)2)34(29,30)26-10-8-18(9-11-26)24(28)33-17(3)23(27)25-19-5-7-21-22(13-19)32-14-31-21/h4-7,12-13,17-18H,8-11,14H2,1-3H3,(H,25,27)/t17-/m1/s1. The summed E-state index contributed by atoms with van der Waals surface area (Å²) in [5, 5.41) is 2.69. The minimum Gasteiger partial charge on any atom is -0.454 e. The molecule has 1 amide bonds. The van der Waals surface area contributed by atoms with E-state index in [9.17, 15) is 18.0 Å². The summed E-state index contributed by atoms with van der Waals surface area (Å²) in [6.45, 7) is 5.87. The highest BCUT2D eigenvalue weighted by molar-refractivity contribution is 7.89. The van der Waals surface area contributed by atoms with Gasteiger partial charge >= 0.3 is 5.97 Å². The van der Waals surface area contributed by atoms with Gasteiger partial charge in [0.15, 0.2) is 17.6 Å². The van der Waals surface area contributed by atoms with Crippen LogP contribution in [0.3, 0.4) is 0 Å². The van der Waals surface area contributed by atoms with Crippen molar-refractivity contribution in [1.82, 2.24) is 4.31 Å². The minimum absolute atomic E-state index is 0.130. The predicted molar refractivity (Wildman–Crippen MR) is 124 cm³/mol. The van der Waals surface area contributed by atoms with Crippen molar-refractivity contribution in [3.05, 3.63) is 47.5 Å². The van der Waals surface area contributed by atoms with E-state index in [1.807, 2.05) is 13.8 Å². The molecule has 0 bridgehead atoms. The van der Waals surface area contributed by atoms with Gasteiger partial charge in [0.1, 0.15) is 0 Å². The molecule has 10 heteroatoms. The maximum absolute atomic E-state index is 13.0. The summed E-state index contributed by atoms with van der Waals surface area (Å²) in [5.41, 5.74) is 2.44. The van der Waals surface area contributed by atoms with Crippen molar-refractivity contribution < 1.29 is 32.2 Å². The number of hydrogen-bond acceptors (Lipinski definition) is 7. The Kier molecular flexibility index (Phi) is 6.81. The van der Waals surface area contributed by atoms with E-state index >= 15 is 0 Å². The van der Waals surface area contributed by atoms with E-state index < -0.39 is 33.9 Å². The van der Waals surface area contributed by atoms with Crippen LogP contribution in [0.25, 0.3) is 0 Å². The molecule has 9 nitrogen and oxygen atoms in total. The number of aryl methyl sites for hydroxylation is 2. The molecule has 2 aliphatic heterocycles. The number of amides is 1. The molecule has 0 saturated carbocycles. The molecule has 0 aliphatic carbocycles. The highest BCUT2D eigenvalue weighted by atomic mass is 32.2. The van der Waals surface area contributed by atoms with E-state index in [1.54, 1.807) is 36.4 Å². The number of nitrogens with zero attached hydrogens (tertiary/aromatic N) is 1.